The van der Waals surface area contributed by atoms with Gasteiger partial charge in [-0.05, 0) is 43.2 Å². The number of benzene rings is 2. The molecule has 3 aromatic rings. The van der Waals surface area contributed by atoms with Gasteiger partial charge in [-0.3, -0.25) is 9.59 Å². The summed E-state index contributed by atoms with van der Waals surface area (Å²) < 4.78 is 5.77. The maximum atomic E-state index is 12.2. The summed E-state index contributed by atoms with van der Waals surface area (Å²) in [6.45, 7) is 0.315. The van der Waals surface area contributed by atoms with E-state index in [1.807, 2.05) is 30.3 Å². The number of carbonyl (C=O) groups excluding carboxylic acids is 1. The molecule has 144 valence electrons. The normalized spacial score (nSPS) is 10.6. The van der Waals surface area contributed by atoms with E-state index in [9.17, 15) is 14.7 Å². The standard InChI is InChI=1S/C21H20N2O5/c24-18(25)8-4-5-11-22-21(27)19-20(26)17-10-9-16(12-14(17)13-23-19)28-15-6-2-1-3-7-15/h1-3,6-7,9-10,12-13,26H,4-5,8,11H2,(H,22,27)(H,24,25). The van der Waals surface area contributed by atoms with Gasteiger partial charge in [-0.25, -0.2) is 4.98 Å². The molecule has 0 saturated carbocycles. The van der Waals surface area contributed by atoms with Crippen LogP contribution in [0.3, 0.4) is 0 Å². The highest BCUT2D eigenvalue weighted by atomic mass is 16.5. The number of ether oxygens (including phenoxy) is 1. The molecule has 7 nitrogen and oxygen atoms in total. The number of pyridine rings is 1. The maximum Gasteiger partial charge on any atom is 0.303 e. The van der Waals surface area contributed by atoms with Crippen molar-refractivity contribution in [3.05, 3.63) is 60.4 Å². The van der Waals surface area contributed by atoms with E-state index in [2.05, 4.69) is 10.3 Å². The molecule has 0 radical (unpaired) electrons. The molecule has 0 saturated heterocycles. The second-order valence-electron chi connectivity index (χ2n) is 6.23. The zero-order chi connectivity index (χ0) is 19.9. The molecule has 0 atom stereocenters. The lowest BCUT2D eigenvalue weighted by Gasteiger charge is -2.10. The number of unbranched alkanes of at least 4 members (excludes halogenated alkanes) is 1. The van der Waals surface area contributed by atoms with Crippen molar-refractivity contribution in [2.45, 2.75) is 19.3 Å². The molecule has 28 heavy (non-hydrogen) atoms. The fourth-order valence-electron chi connectivity index (χ4n) is 2.73. The van der Waals surface area contributed by atoms with Crippen LogP contribution in [0.4, 0.5) is 0 Å². The van der Waals surface area contributed by atoms with Gasteiger partial charge in [0.05, 0.1) is 0 Å². The predicted molar refractivity (Wildman–Crippen MR) is 104 cm³/mol. The Morgan fingerprint density at radius 1 is 1.04 bits per heavy atom. The highest BCUT2D eigenvalue weighted by Crippen LogP contribution is 2.31. The lowest BCUT2D eigenvalue weighted by atomic mass is 10.1. The van der Waals surface area contributed by atoms with Gasteiger partial charge in [-0.15, -0.1) is 0 Å². The molecule has 0 unspecified atom stereocenters. The van der Waals surface area contributed by atoms with Gasteiger partial charge in [0.15, 0.2) is 11.4 Å². The zero-order valence-corrected chi connectivity index (χ0v) is 15.1. The third kappa shape index (κ3) is 4.76. The number of hydrogen-bond donors (Lipinski definition) is 3. The number of rotatable bonds is 8. The van der Waals surface area contributed by atoms with Crippen LogP contribution in [0.2, 0.25) is 0 Å². The molecule has 1 amide bonds. The predicted octanol–water partition coefficient (Wildman–Crippen LogP) is 3.72. The second kappa shape index (κ2) is 8.85. The summed E-state index contributed by atoms with van der Waals surface area (Å²) in [7, 11) is 0. The Hall–Kier alpha value is -3.61. The fourth-order valence-corrected chi connectivity index (χ4v) is 2.73. The minimum Gasteiger partial charge on any atom is -0.505 e. The first-order chi connectivity index (χ1) is 13.5. The number of hydrogen-bond acceptors (Lipinski definition) is 5. The van der Waals surface area contributed by atoms with E-state index in [-0.39, 0.29) is 17.9 Å². The van der Waals surface area contributed by atoms with E-state index in [1.54, 1.807) is 18.2 Å². The Morgan fingerprint density at radius 3 is 2.57 bits per heavy atom. The average molecular weight is 380 g/mol. The van der Waals surface area contributed by atoms with Crippen LogP contribution in [0.5, 0.6) is 17.2 Å². The number of para-hydroxylation sites is 1. The van der Waals surface area contributed by atoms with E-state index in [0.29, 0.717) is 41.7 Å². The molecule has 0 fully saturated rings. The van der Waals surface area contributed by atoms with E-state index in [0.717, 1.165) is 0 Å². The summed E-state index contributed by atoms with van der Waals surface area (Å²) in [6, 6.07) is 14.4. The molecule has 0 aliphatic heterocycles. The summed E-state index contributed by atoms with van der Waals surface area (Å²) in [5.41, 5.74) is -0.0672. The highest BCUT2D eigenvalue weighted by Gasteiger charge is 2.16. The van der Waals surface area contributed by atoms with E-state index >= 15 is 0 Å². The van der Waals surface area contributed by atoms with Crippen LogP contribution in [0.25, 0.3) is 10.8 Å². The molecule has 1 heterocycles. The molecule has 0 bridgehead atoms. The number of carboxylic acid groups (broad SMARTS) is 1. The van der Waals surface area contributed by atoms with Crippen molar-refractivity contribution in [2.24, 2.45) is 0 Å². The number of carbonyl (C=O) groups is 2. The Kier molecular flexibility index (Phi) is 6.06. The van der Waals surface area contributed by atoms with Gasteiger partial charge in [-0.1, -0.05) is 18.2 Å². The van der Waals surface area contributed by atoms with Gasteiger partial charge in [0.2, 0.25) is 0 Å². The third-order valence-corrected chi connectivity index (χ3v) is 4.13. The summed E-state index contributed by atoms with van der Waals surface area (Å²) in [4.78, 5) is 26.8. The van der Waals surface area contributed by atoms with Gasteiger partial charge in [0.1, 0.15) is 11.5 Å². The number of nitrogens with zero attached hydrogens (tertiary/aromatic N) is 1. The van der Waals surface area contributed by atoms with Gasteiger partial charge in [-0.2, -0.15) is 0 Å². The lowest BCUT2D eigenvalue weighted by Crippen LogP contribution is -2.25. The van der Waals surface area contributed by atoms with Gasteiger partial charge < -0.3 is 20.3 Å². The van der Waals surface area contributed by atoms with Crippen LogP contribution >= 0.6 is 0 Å². The van der Waals surface area contributed by atoms with Gasteiger partial charge in [0.25, 0.3) is 5.91 Å². The first-order valence-corrected chi connectivity index (χ1v) is 8.89. The van der Waals surface area contributed by atoms with Crippen molar-refractivity contribution in [3.63, 3.8) is 0 Å². The summed E-state index contributed by atoms with van der Waals surface area (Å²) >= 11 is 0. The molecule has 0 aliphatic rings. The van der Waals surface area contributed by atoms with Crippen molar-refractivity contribution < 1.29 is 24.5 Å². The Labute approximate surface area is 161 Å². The van der Waals surface area contributed by atoms with Crippen LogP contribution in [0.1, 0.15) is 29.8 Å². The zero-order valence-electron chi connectivity index (χ0n) is 15.1. The number of fused-ring (bicyclic) bond motifs is 1. The Bertz CT molecular complexity index is 989. The quantitative estimate of drug-likeness (QED) is 0.514. The molecular weight excluding hydrogens is 360 g/mol. The maximum absolute atomic E-state index is 12.2. The second-order valence-corrected chi connectivity index (χ2v) is 6.23. The number of aliphatic carboxylic acids is 1. The highest BCUT2D eigenvalue weighted by molar-refractivity contribution is 6.01. The van der Waals surface area contributed by atoms with Gasteiger partial charge >= 0.3 is 5.97 Å². The lowest BCUT2D eigenvalue weighted by molar-refractivity contribution is -0.137. The Morgan fingerprint density at radius 2 is 1.82 bits per heavy atom. The van der Waals surface area contributed by atoms with E-state index < -0.39 is 11.9 Å². The number of nitrogens with one attached hydrogen (secondary N) is 1. The number of aromatic nitrogens is 1. The topological polar surface area (TPSA) is 109 Å². The number of carboxylic acids is 1. The van der Waals surface area contributed by atoms with Crippen LogP contribution in [0, 0.1) is 0 Å². The van der Waals surface area contributed by atoms with Crippen molar-refractivity contribution in [1.82, 2.24) is 10.3 Å². The minimum absolute atomic E-state index is 0.0583. The molecular formula is C21H20N2O5. The van der Waals surface area contributed by atoms with Gasteiger partial charge in [0, 0.05) is 29.9 Å². The molecule has 1 aromatic heterocycles. The third-order valence-electron chi connectivity index (χ3n) is 4.13. The minimum atomic E-state index is -0.865. The first kappa shape index (κ1) is 19.2. The average Bonchev–Trinajstić information content (AvgIpc) is 2.68. The summed E-state index contributed by atoms with van der Waals surface area (Å²) in [6.07, 6.45) is 2.57. The van der Waals surface area contributed by atoms with Crippen LogP contribution in [-0.2, 0) is 4.79 Å². The Balaban J connectivity index is 1.69. The summed E-state index contributed by atoms with van der Waals surface area (Å²) in [5.74, 6) is -0.282. The molecule has 3 N–H and O–H groups in total. The smallest absolute Gasteiger partial charge is 0.303 e. The van der Waals surface area contributed by atoms with E-state index in [4.69, 9.17) is 9.84 Å². The monoisotopic (exact) mass is 380 g/mol. The van der Waals surface area contributed by atoms with Crippen LogP contribution in [-0.4, -0.2) is 33.6 Å². The number of aromatic hydroxyl groups is 1. The van der Waals surface area contributed by atoms with Crippen molar-refractivity contribution in [1.29, 1.82) is 0 Å². The van der Waals surface area contributed by atoms with Crippen LogP contribution < -0.4 is 10.1 Å². The largest absolute Gasteiger partial charge is 0.505 e. The molecule has 0 spiro atoms. The fraction of sp³-hybridized carbons (Fsp3) is 0.190. The molecule has 7 heteroatoms. The molecule has 0 aliphatic carbocycles. The van der Waals surface area contributed by atoms with Crippen molar-refractivity contribution in [3.8, 4) is 17.2 Å². The van der Waals surface area contributed by atoms with Crippen molar-refractivity contribution in [2.75, 3.05) is 6.54 Å². The molecule has 3 rings (SSSR count). The van der Waals surface area contributed by atoms with Crippen molar-refractivity contribution >= 4 is 22.6 Å². The SMILES string of the molecule is O=C(O)CCCCNC(=O)c1ncc2cc(Oc3ccccc3)ccc2c1O. The first-order valence-electron chi connectivity index (χ1n) is 8.89. The molecule has 2 aromatic carbocycles. The number of amides is 1. The summed E-state index contributed by atoms with van der Waals surface area (Å²) in [5, 5.41) is 22.8. The van der Waals surface area contributed by atoms with Crippen LogP contribution in [0.15, 0.2) is 54.7 Å². The van der Waals surface area contributed by atoms with E-state index in [1.165, 1.54) is 6.20 Å².